The Morgan fingerprint density at radius 3 is 2.45 bits per heavy atom. The van der Waals surface area contributed by atoms with Gasteiger partial charge in [-0.05, 0) is 35.4 Å². The van der Waals surface area contributed by atoms with Crippen molar-refractivity contribution >= 4 is 27.5 Å². The number of rotatable bonds is 4. The van der Waals surface area contributed by atoms with E-state index < -0.39 is 0 Å². The number of thiazole rings is 1. The zero-order chi connectivity index (χ0) is 20.2. The number of methoxy groups -OCH3 is 1. The fourth-order valence-corrected chi connectivity index (χ4v) is 4.22. The van der Waals surface area contributed by atoms with Crippen LogP contribution in [0.2, 0.25) is 0 Å². The predicted octanol–water partition coefficient (Wildman–Crippen LogP) is 4.75. The van der Waals surface area contributed by atoms with Crippen LogP contribution >= 0.6 is 11.3 Å². The average Bonchev–Trinajstić information content (AvgIpc) is 3.12. The second-order valence-corrected chi connectivity index (χ2v) is 7.35. The molecule has 1 heterocycles. The SMILES string of the molecule is C#CCn1c(=NC(=O)c2ccc(-c3ccccc3)cc2)sc2cccc(OC)c21. The van der Waals surface area contributed by atoms with Crippen molar-refractivity contribution in [1.29, 1.82) is 0 Å². The highest BCUT2D eigenvalue weighted by Gasteiger charge is 2.12. The number of benzene rings is 3. The summed E-state index contributed by atoms with van der Waals surface area (Å²) in [5, 5.41) is 0. The van der Waals surface area contributed by atoms with Crippen molar-refractivity contribution in [2.24, 2.45) is 4.99 Å². The first-order valence-corrected chi connectivity index (χ1v) is 9.87. The molecule has 4 rings (SSSR count). The Morgan fingerprint density at radius 1 is 1.03 bits per heavy atom. The van der Waals surface area contributed by atoms with Crippen LogP contribution in [0.1, 0.15) is 10.4 Å². The molecule has 0 saturated carbocycles. The van der Waals surface area contributed by atoms with Gasteiger partial charge in [0.15, 0.2) is 4.80 Å². The first kappa shape index (κ1) is 18.7. The Morgan fingerprint density at radius 2 is 1.76 bits per heavy atom. The minimum atomic E-state index is -0.305. The summed E-state index contributed by atoms with van der Waals surface area (Å²) in [5.41, 5.74) is 3.54. The fourth-order valence-electron chi connectivity index (χ4n) is 3.17. The normalized spacial score (nSPS) is 11.4. The molecule has 0 unspecified atom stereocenters. The topological polar surface area (TPSA) is 43.6 Å². The van der Waals surface area contributed by atoms with Gasteiger partial charge in [-0.25, -0.2) is 0 Å². The highest BCUT2D eigenvalue weighted by Crippen LogP contribution is 2.27. The summed E-state index contributed by atoms with van der Waals surface area (Å²) in [6.07, 6.45) is 5.55. The molecule has 0 aliphatic carbocycles. The molecule has 1 aromatic heterocycles. The molecule has 0 spiro atoms. The summed E-state index contributed by atoms with van der Waals surface area (Å²) < 4.78 is 8.27. The predicted molar refractivity (Wildman–Crippen MR) is 117 cm³/mol. The standard InChI is InChI=1S/C24H18N2O2S/c1-3-16-26-22-20(28-2)10-7-11-21(22)29-24(26)25-23(27)19-14-12-18(13-15-19)17-8-5-4-6-9-17/h1,4-15H,16H2,2H3. The highest BCUT2D eigenvalue weighted by molar-refractivity contribution is 7.16. The number of terminal acetylenes is 1. The molecule has 0 fully saturated rings. The molecule has 0 bridgehead atoms. The van der Waals surface area contributed by atoms with E-state index in [9.17, 15) is 4.79 Å². The minimum absolute atomic E-state index is 0.305. The fraction of sp³-hybridized carbons (Fsp3) is 0.0833. The maximum atomic E-state index is 12.8. The van der Waals surface area contributed by atoms with Crippen molar-refractivity contribution in [2.45, 2.75) is 6.54 Å². The van der Waals surface area contributed by atoms with Gasteiger partial charge in [-0.3, -0.25) is 4.79 Å². The second-order valence-electron chi connectivity index (χ2n) is 6.34. The van der Waals surface area contributed by atoms with Gasteiger partial charge in [-0.15, -0.1) is 6.42 Å². The molecule has 0 radical (unpaired) electrons. The summed E-state index contributed by atoms with van der Waals surface area (Å²) in [5.74, 6) is 3.03. The summed E-state index contributed by atoms with van der Waals surface area (Å²) >= 11 is 1.42. The number of fused-ring (bicyclic) bond motifs is 1. The number of para-hydroxylation sites is 1. The Hall–Kier alpha value is -3.62. The van der Waals surface area contributed by atoms with Crippen LogP contribution in [0.3, 0.4) is 0 Å². The lowest BCUT2D eigenvalue weighted by molar-refractivity contribution is 0.0998. The van der Waals surface area contributed by atoms with Crippen LogP contribution in [0, 0.1) is 12.3 Å². The van der Waals surface area contributed by atoms with Gasteiger partial charge in [0.2, 0.25) is 0 Å². The van der Waals surface area contributed by atoms with Crippen LogP contribution in [0.4, 0.5) is 0 Å². The van der Waals surface area contributed by atoms with Crippen LogP contribution in [0.5, 0.6) is 5.75 Å². The van der Waals surface area contributed by atoms with Gasteiger partial charge in [0, 0.05) is 5.56 Å². The first-order valence-electron chi connectivity index (χ1n) is 9.05. The number of amides is 1. The highest BCUT2D eigenvalue weighted by atomic mass is 32.1. The second kappa shape index (κ2) is 8.17. The van der Waals surface area contributed by atoms with Crippen molar-refractivity contribution < 1.29 is 9.53 Å². The summed E-state index contributed by atoms with van der Waals surface area (Å²) in [7, 11) is 1.61. The van der Waals surface area contributed by atoms with Gasteiger partial charge >= 0.3 is 0 Å². The molecule has 0 saturated heterocycles. The molecule has 0 N–H and O–H groups in total. The van der Waals surface area contributed by atoms with Crippen LogP contribution in [0.25, 0.3) is 21.3 Å². The Bertz CT molecular complexity index is 1280. The van der Waals surface area contributed by atoms with Crippen LogP contribution in [-0.4, -0.2) is 17.6 Å². The van der Waals surface area contributed by atoms with E-state index in [0.717, 1.165) is 21.3 Å². The lowest BCUT2D eigenvalue weighted by Gasteiger charge is -2.05. The third-order valence-corrected chi connectivity index (χ3v) is 5.61. The summed E-state index contributed by atoms with van der Waals surface area (Å²) in [6, 6.07) is 23.2. The number of carbonyl (C=O) groups is 1. The van der Waals surface area contributed by atoms with E-state index in [1.807, 2.05) is 65.2 Å². The number of hydrogen-bond donors (Lipinski definition) is 0. The largest absolute Gasteiger partial charge is 0.495 e. The maximum Gasteiger partial charge on any atom is 0.279 e. The maximum absolute atomic E-state index is 12.8. The molecule has 1 amide bonds. The molecule has 4 aromatic rings. The van der Waals surface area contributed by atoms with E-state index >= 15 is 0 Å². The van der Waals surface area contributed by atoms with Crippen molar-refractivity contribution in [3.05, 3.63) is 83.2 Å². The number of nitrogens with zero attached hydrogens (tertiary/aromatic N) is 2. The number of ether oxygens (including phenoxy) is 1. The van der Waals surface area contributed by atoms with Crippen LogP contribution in [0.15, 0.2) is 77.8 Å². The van der Waals surface area contributed by atoms with Crippen LogP contribution in [-0.2, 0) is 6.54 Å². The molecule has 5 heteroatoms. The van der Waals surface area contributed by atoms with Gasteiger partial charge in [0.25, 0.3) is 5.91 Å². The molecule has 142 valence electrons. The Balaban J connectivity index is 1.74. The number of hydrogen-bond acceptors (Lipinski definition) is 3. The number of aromatic nitrogens is 1. The summed E-state index contributed by atoms with van der Waals surface area (Å²) in [6.45, 7) is 0.305. The van der Waals surface area contributed by atoms with Gasteiger partial charge in [-0.1, -0.05) is 65.8 Å². The lowest BCUT2D eigenvalue weighted by Crippen LogP contribution is -2.16. The van der Waals surface area contributed by atoms with Crippen molar-refractivity contribution in [2.75, 3.05) is 7.11 Å². The molecule has 0 atom stereocenters. The van der Waals surface area contributed by atoms with E-state index in [1.165, 1.54) is 11.3 Å². The quantitative estimate of drug-likeness (QED) is 0.466. The van der Waals surface area contributed by atoms with E-state index in [4.69, 9.17) is 11.2 Å². The third kappa shape index (κ3) is 3.71. The van der Waals surface area contributed by atoms with E-state index in [-0.39, 0.29) is 5.91 Å². The third-order valence-electron chi connectivity index (χ3n) is 4.57. The molecule has 4 nitrogen and oxygen atoms in total. The lowest BCUT2D eigenvalue weighted by atomic mass is 10.0. The van der Waals surface area contributed by atoms with Gasteiger partial charge in [0.1, 0.15) is 11.3 Å². The molecular formula is C24H18N2O2S. The Labute approximate surface area is 172 Å². The zero-order valence-corrected chi connectivity index (χ0v) is 16.6. The Kier molecular flexibility index (Phi) is 5.28. The van der Waals surface area contributed by atoms with Crippen molar-refractivity contribution in [3.8, 4) is 29.2 Å². The first-order chi connectivity index (χ1) is 14.2. The molecule has 0 aliphatic heterocycles. The molecule has 3 aromatic carbocycles. The summed E-state index contributed by atoms with van der Waals surface area (Å²) in [4.78, 5) is 17.7. The number of carbonyl (C=O) groups excluding carboxylic acids is 1. The zero-order valence-electron chi connectivity index (χ0n) is 15.8. The molecular weight excluding hydrogens is 380 g/mol. The minimum Gasteiger partial charge on any atom is -0.495 e. The van der Waals surface area contributed by atoms with Gasteiger partial charge in [0.05, 0.1) is 18.4 Å². The van der Waals surface area contributed by atoms with E-state index in [2.05, 4.69) is 10.9 Å². The van der Waals surface area contributed by atoms with Crippen molar-refractivity contribution in [1.82, 2.24) is 4.57 Å². The van der Waals surface area contributed by atoms with Crippen molar-refractivity contribution in [3.63, 3.8) is 0 Å². The van der Waals surface area contributed by atoms with E-state index in [0.29, 0.717) is 22.7 Å². The van der Waals surface area contributed by atoms with Crippen LogP contribution < -0.4 is 9.54 Å². The van der Waals surface area contributed by atoms with Gasteiger partial charge < -0.3 is 9.30 Å². The molecule has 29 heavy (non-hydrogen) atoms. The molecule has 0 aliphatic rings. The van der Waals surface area contributed by atoms with E-state index in [1.54, 1.807) is 19.2 Å². The van der Waals surface area contributed by atoms with Gasteiger partial charge in [-0.2, -0.15) is 4.99 Å². The smallest absolute Gasteiger partial charge is 0.279 e. The average molecular weight is 398 g/mol. The monoisotopic (exact) mass is 398 g/mol.